The maximum Gasteiger partial charge on any atom is 0.254 e. The van der Waals surface area contributed by atoms with E-state index in [4.69, 9.17) is 0 Å². The highest BCUT2D eigenvalue weighted by Gasteiger charge is 2.17. The van der Waals surface area contributed by atoms with Crippen LogP contribution in [0, 0.1) is 0 Å². The normalized spacial score (nSPS) is 10.5. The molecule has 0 saturated carbocycles. The summed E-state index contributed by atoms with van der Waals surface area (Å²) in [6, 6.07) is 20.7. The molecule has 25 heavy (non-hydrogen) atoms. The monoisotopic (exact) mass is 396 g/mol. The van der Waals surface area contributed by atoms with Gasteiger partial charge < -0.3 is 10.2 Å². The lowest BCUT2D eigenvalue weighted by molar-refractivity contribution is -0.116. The summed E-state index contributed by atoms with van der Waals surface area (Å²) in [5.41, 5.74) is 1.27. The minimum absolute atomic E-state index is 0.0244. The van der Waals surface area contributed by atoms with Crippen LogP contribution in [0.2, 0.25) is 0 Å². The first-order valence-corrected chi connectivity index (χ1v) is 8.63. The van der Waals surface area contributed by atoms with Crippen molar-refractivity contribution >= 4 is 44.2 Å². The number of benzene rings is 3. The fourth-order valence-electron chi connectivity index (χ4n) is 2.66. The number of halogens is 1. The van der Waals surface area contributed by atoms with Gasteiger partial charge in [-0.15, -0.1) is 0 Å². The average molecular weight is 397 g/mol. The molecule has 0 aliphatic carbocycles. The molecule has 2 amide bonds. The van der Waals surface area contributed by atoms with E-state index >= 15 is 0 Å². The predicted molar refractivity (Wildman–Crippen MR) is 104 cm³/mol. The summed E-state index contributed by atoms with van der Waals surface area (Å²) < 4.78 is 0.798. The lowest BCUT2D eigenvalue weighted by Crippen LogP contribution is -2.35. The Kier molecular flexibility index (Phi) is 5.14. The molecule has 126 valence electrons. The molecule has 0 bridgehead atoms. The molecule has 0 atom stereocenters. The molecule has 0 aliphatic rings. The zero-order chi connectivity index (χ0) is 17.8. The molecule has 3 rings (SSSR count). The molecule has 0 radical (unpaired) electrons. The third-order valence-electron chi connectivity index (χ3n) is 3.90. The number of fused-ring (bicyclic) bond motifs is 1. The molecule has 3 aromatic rings. The molecule has 3 aromatic carbocycles. The molecule has 4 nitrogen and oxygen atoms in total. The minimum Gasteiger partial charge on any atom is -0.332 e. The fraction of sp³-hybridized carbons (Fsp3) is 0.100. The molecular weight excluding hydrogens is 380 g/mol. The van der Waals surface area contributed by atoms with Crippen LogP contribution in [0.3, 0.4) is 0 Å². The highest BCUT2D eigenvalue weighted by molar-refractivity contribution is 9.10. The number of para-hydroxylation sites is 1. The van der Waals surface area contributed by atoms with Crippen molar-refractivity contribution < 1.29 is 9.59 Å². The van der Waals surface area contributed by atoms with Gasteiger partial charge in [-0.3, -0.25) is 9.59 Å². The van der Waals surface area contributed by atoms with Crippen molar-refractivity contribution in [2.45, 2.75) is 0 Å². The van der Waals surface area contributed by atoms with Crippen molar-refractivity contribution in [3.8, 4) is 0 Å². The van der Waals surface area contributed by atoms with Gasteiger partial charge in [0.15, 0.2) is 0 Å². The van der Waals surface area contributed by atoms with Crippen LogP contribution in [0.15, 0.2) is 71.2 Å². The van der Waals surface area contributed by atoms with Gasteiger partial charge >= 0.3 is 0 Å². The summed E-state index contributed by atoms with van der Waals surface area (Å²) >= 11 is 3.39. The Morgan fingerprint density at radius 3 is 2.44 bits per heavy atom. The number of hydrogen-bond acceptors (Lipinski definition) is 2. The number of rotatable bonds is 4. The Morgan fingerprint density at radius 1 is 0.960 bits per heavy atom. The third-order valence-corrected chi connectivity index (χ3v) is 4.59. The van der Waals surface area contributed by atoms with Crippen LogP contribution in [-0.4, -0.2) is 30.3 Å². The highest BCUT2D eigenvalue weighted by atomic mass is 79.9. The molecule has 0 unspecified atom stereocenters. The van der Waals surface area contributed by atoms with E-state index in [1.165, 1.54) is 4.90 Å². The van der Waals surface area contributed by atoms with Crippen LogP contribution < -0.4 is 5.32 Å². The molecule has 0 heterocycles. The Balaban J connectivity index is 1.74. The Bertz CT molecular complexity index is 934. The number of carbonyl (C=O) groups is 2. The quantitative estimate of drug-likeness (QED) is 0.713. The van der Waals surface area contributed by atoms with E-state index in [0.29, 0.717) is 11.3 Å². The topological polar surface area (TPSA) is 49.4 Å². The third kappa shape index (κ3) is 3.88. The first-order valence-electron chi connectivity index (χ1n) is 7.84. The average Bonchev–Trinajstić information content (AvgIpc) is 2.62. The molecule has 1 N–H and O–H groups in total. The summed E-state index contributed by atoms with van der Waals surface area (Å²) in [6.45, 7) is -0.0244. The maximum atomic E-state index is 12.8. The zero-order valence-electron chi connectivity index (χ0n) is 13.7. The lowest BCUT2D eigenvalue weighted by atomic mass is 10.0. The summed E-state index contributed by atoms with van der Waals surface area (Å²) in [6.07, 6.45) is 0. The lowest BCUT2D eigenvalue weighted by Gasteiger charge is -2.18. The number of nitrogens with one attached hydrogen (secondary N) is 1. The van der Waals surface area contributed by atoms with Gasteiger partial charge in [0, 0.05) is 17.1 Å². The summed E-state index contributed by atoms with van der Waals surface area (Å²) in [7, 11) is 1.63. The van der Waals surface area contributed by atoms with E-state index in [9.17, 15) is 9.59 Å². The molecule has 0 aromatic heterocycles. The first kappa shape index (κ1) is 17.2. The predicted octanol–water partition coefficient (Wildman–Crippen LogP) is 4.31. The molecule has 5 heteroatoms. The number of nitrogens with zero attached hydrogens (tertiary/aromatic N) is 1. The first-order chi connectivity index (χ1) is 12.1. The van der Waals surface area contributed by atoms with Crippen LogP contribution in [-0.2, 0) is 4.79 Å². The summed E-state index contributed by atoms with van der Waals surface area (Å²) in [5.74, 6) is -0.429. The van der Waals surface area contributed by atoms with Crippen LogP contribution in [0.25, 0.3) is 10.8 Å². The van der Waals surface area contributed by atoms with Crippen LogP contribution in [0.5, 0.6) is 0 Å². The van der Waals surface area contributed by atoms with E-state index in [1.54, 1.807) is 19.2 Å². The van der Waals surface area contributed by atoms with Gasteiger partial charge in [-0.05, 0) is 44.9 Å². The number of amides is 2. The standard InChI is InChI=1S/C20H17BrN2O2/c1-23(13-19(24)22-18-12-5-4-11-17(18)21)20(25)16-10-6-8-14-7-2-3-9-15(14)16/h2-12H,13H2,1H3,(H,22,24). The van der Waals surface area contributed by atoms with Crippen molar-refractivity contribution in [2.75, 3.05) is 18.9 Å². The Morgan fingerprint density at radius 2 is 1.64 bits per heavy atom. The van der Waals surface area contributed by atoms with Gasteiger partial charge in [-0.1, -0.05) is 48.5 Å². The fourth-order valence-corrected chi connectivity index (χ4v) is 3.04. The summed E-state index contributed by atoms with van der Waals surface area (Å²) in [4.78, 5) is 26.4. The smallest absolute Gasteiger partial charge is 0.254 e. The van der Waals surface area contributed by atoms with Crippen molar-refractivity contribution in [1.82, 2.24) is 4.90 Å². The molecule has 0 spiro atoms. The highest BCUT2D eigenvalue weighted by Crippen LogP contribution is 2.22. The van der Waals surface area contributed by atoms with E-state index in [-0.39, 0.29) is 18.4 Å². The number of carbonyl (C=O) groups excluding carboxylic acids is 2. The van der Waals surface area contributed by atoms with Crippen molar-refractivity contribution in [3.63, 3.8) is 0 Å². The van der Waals surface area contributed by atoms with E-state index in [2.05, 4.69) is 21.2 Å². The zero-order valence-corrected chi connectivity index (χ0v) is 15.3. The van der Waals surface area contributed by atoms with Gasteiger partial charge in [-0.2, -0.15) is 0 Å². The maximum absolute atomic E-state index is 12.8. The largest absolute Gasteiger partial charge is 0.332 e. The Labute approximate surface area is 154 Å². The summed E-state index contributed by atoms with van der Waals surface area (Å²) in [5, 5.41) is 4.69. The van der Waals surface area contributed by atoms with Crippen LogP contribution in [0.4, 0.5) is 5.69 Å². The van der Waals surface area contributed by atoms with Gasteiger partial charge in [0.2, 0.25) is 5.91 Å². The number of anilines is 1. The number of hydrogen-bond donors (Lipinski definition) is 1. The van der Waals surface area contributed by atoms with Crippen molar-refractivity contribution in [2.24, 2.45) is 0 Å². The minimum atomic E-state index is -0.247. The second-order valence-electron chi connectivity index (χ2n) is 5.72. The van der Waals surface area contributed by atoms with Crippen LogP contribution >= 0.6 is 15.9 Å². The van der Waals surface area contributed by atoms with E-state index < -0.39 is 0 Å². The Hall–Kier alpha value is -2.66. The molecule has 0 aliphatic heterocycles. The van der Waals surface area contributed by atoms with E-state index in [1.807, 2.05) is 54.6 Å². The van der Waals surface area contributed by atoms with Gasteiger partial charge in [0.05, 0.1) is 12.2 Å². The van der Waals surface area contributed by atoms with Gasteiger partial charge in [0.1, 0.15) is 0 Å². The second kappa shape index (κ2) is 7.49. The molecular formula is C20H17BrN2O2. The van der Waals surface area contributed by atoms with Crippen molar-refractivity contribution in [1.29, 1.82) is 0 Å². The van der Waals surface area contributed by atoms with Crippen molar-refractivity contribution in [3.05, 3.63) is 76.8 Å². The van der Waals surface area contributed by atoms with Gasteiger partial charge in [0.25, 0.3) is 5.91 Å². The van der Waals surface area contributed by atoms with E-state index in [0.717, 1.165) is 15.2 Å². The number of likely N-dealkylation sites (N-methyl/N-ethyl adjacent to an activating group) is 1. The molecule has 0 fully saturated rings. The SMILES string of the molecule is CN(CC(=O)Nc1ccccc1Br)C(=O)c1cccc2ccccc12. The molecule has 0 saturated heterocycles. The van der Waals surface area contributed by atoms with Gasteiger partial charge in [-0.25, -0.2) is 0 Å². The second-order valence-corrected chi connectivity index (χ2v) is 6.57. The van der Waals surface area contributed by atoms with Crippen LogP contribution in [0.1, 0.15) is 10.4 Å².